The van der Waals surface area contributed by atoms with Gasteiger partial charge in [-0.25, -0.2) is 10.5 Å². The highest BCUT2D eigenvalue weighted by Gasteiger charge is 2.13. The van der Waals surface area contributed by atoms with E-state index in [1.54, 1.807) is 30.7 Å². The standard InChI is InChI=1S/C19H15N3O3/c1-12(23)2-3-13-4-6-14(7-5-13)18-10-15(19(24)22-25)16-11-20-9-8-17(16)21-18/h4-12,23,25H,1H3,(H,22,24). The average molecular weight is 333 g/mol. The number of rotatable bonds is 2. The number of hydroxylamine groups is 1. The Labute approximate surface area is 144 Å². The van der Waals surface area contributed by atoms with E-state index in [0.29, 0.717) is 16.6 Å². The van der Waals surface area contributed by atoms with Crippen molar-refractivity contribution in [1.29, 1.82) is 0 Å². The first kappa shape index (κ1) is 16.6. The number of aliphatic hydroxyl groups excluding tert-OH is 1. The third-order valence-electron chi connectivity index (χ3n) is 3.56. The fourth-order valence-corrected chi connectivity index (χ4v) is 2.38. The molecule has 0 saturated heterocycles. The van der Waals surface area contributed by atoms with Crippen LogP contribution in [0.3, 0.4) is 0 Å². The van der Waals surface area contributed by atoms with Gasteiger partial charge in [-0.1, -0.05) is 24.0 Å². The highest BCUT2D eigenvalue weighted by atomic mass is 16.5. The van der Waals surface area contributed by atoms with Gasteiger partial charge in [0.05, 0.1) is 16.8 Å². The molecule has 2 heterocycles. The highest BCUT2D eigenvalue weighted by Crippen LogP contribution is 2.24. The number of aliphatic hydroxyl groups is 1. The molecule has 0 spiro atoms. The Morgan fingerprint density at radius 3 is 2.68 bits per heavy atom. The van der Waals surface area contributed by atoms with Crippen molar-refractivity contribution in [2.45, 2.75) is 13.0 Å². The lowest BCUT2D eigenvalue weighted by atomic mass is 10.0. The predicted molar refractivity (Wildman–Crippen MR) is 92.8 cm³/mol. The molecule has 1 atom stereocenters. The molecule has 0 radical (unpaired) electrons. The van der Waals surface area contributed by atoms with Gasteiger partial charge in [0.15, 0.2) is 0 Å². The van der Waals surface area contributed by atoms with Gasteiger partial charge in [-0.2, -0.15) is 0 Å². The van der Waals surface area contributed by atoms with Gasteiger partial charge in [-0.05, 0) is 31.2 Å². The number of hydrogen-bond acceptors (Lipinski definition) is 5. The van der Waals surface area contributed by atoms with Crippen molar-refractivity contribution in [2.24, 2.45) is 0 Å². The van der Waals surface area contributed by atoms with Crippen LogP contribution in [-0.4, -0.2) is 32.3 Å². The van der Waals surface area contributed by atoms with E-state index in [2.05, 4.69) is 21.8 Å². The SMILES string of the molecule is CC(O)C#Cc1ccc(-c2cc(C(=O)NO)c3cnccc3n2)cc1. The number of benzene rings is 1. The second kappa shape index (κ2) is 7.09. The summed E-state index contributed by atoms with van der Waals surface area (Å²) in [5.41, 5.74) is 4.69. The number of fused-ring (bicyclic) bond motifs is 1. The average Bonchev–Trinajstić information content (AvgIpc) is 2.65. The number of amides is 1. The first-order valence-corrected chi connectivity index (χ1v) is 7.57. The van der Waals surface area contributed by atoms with E-state index >= 15 is 0 Å². The Morgan fingerprint density at radius 1 is 1.24 bits per heavy atom. The van der Waals surface area contributed by atoms with Crippen LogP contribution in [0.1, 0.15) is 22.8 Å². The van der Waals surface area contributed by atoms with Crippen LogP contribution in [0.25, 0.3) is 22.2 Å². The number of nitrogens with zero attached hydrogens (tertiary/aromatic N) is 2. The molecule has 3 N–H and O–H groups in total. The zero-order valence-corrected chi connectivity index (χ0v) is 13.4. The highest BCUT2D eigenvalue weighted by molar-refractivity contribution is 6.06. The molecule has 6 nitrogen and oxygen atoms in total. The summed E-state index contributed by atoms with van der Waals surface area (Å²) >= 11 is 0. The number of nitrogens with one attached hydrogen (secondary N) is 1. The van der Waals surface area contributed by atoms with Crippen LogP contribution in [0.5, 0.6) is 0 Å². The second-order valence-corrected chi connectivity index (χ2v) is 5.41. The van der Waals surface area contributed by atoms with Gasteiger partial charge in [0.2, 0.25) is 0 Å². The summed E-state index contributed by atoms with van der Waals surface area (Å²) in [5, 5.41) is 18.7. The molecule has 1 unspecified atom stereocenters. The monoisotopic (exact) mass is 333 g/mol. The van der Waals surface area contributed by atoms with Crippen molar-refractivity contribution in [3.05, 3.63) is 59.9 Å². The zero-order valence-electron chi connectivity index (χ0n) is 13.4. The van der Waals surface area contributed by atoms with E-state index in [1.165, 1.54) is 6.20 Å². The summed E-state index contributed by atoms with van der Waals surface area (Å²) in [7, 11) is 0. The molecule has 0 aliphatic carbocycles. The molecule has 2 aromatic heterocycles. The molecule has 3 aromatic rings. The van der Waals surface area contributed by atoms with Gasteiger partial charge in [-0.15, -0.1) is 0 Å². The van der Waals surface area contributed by atoms with Crippen LogP contribution in [0.2, 0.25) is 0 Å². The maximum absolute atomic E-state index is 12.0. The van der Waals surface area contributed by atoms with Crippen LogP contribution < -0.4 is 5.48 Å². The summed E-state index contributed by atoms with van der Waals surface area (Å²) in [4.78, 5) is 20.5. The van der Waals surface area contributed by atoms with Crippen LogP contribution >= 0.6 is 0 Å². The maximum atomic E-state index is 12.0. The number of carbonyl (C=O) groups is 1. The van der Waals surface area contributed by atoms with Gasteiger partial charge in [0, 0.05) is 28.9 Å². The lowest BCUT2D eigenvalue weighted by molar-refractivity contribution is 0.0708. The summed E-state index contributed by atoms with van der Waals surface area (Å²) in [5.74, 6) is 4.92. The van der Waals surface area contributed by atoms with Crippen LogP contribution in [0, 0.1) is 11.8 Å². The summed E-state index contributed by atoms with van der Waals surface area (Å²) in [6.07, 6.45) is 2.44. The maximum Gasteiger partial charge on any atom is 0.275 e. The van der Waals surface area contributed by atoms with E-state index in [4.69, 9.17) is 5.21 Å². The second-order valence-electron chi connectivity index (χ2n) is 5.41. The fraction of sp³-hybridized carbons (Fsp3) is 0.105. The lowest BCUT2D eigenvalue weighted by Gasteiger charge is -2.08. The van der Waals surface area contributed by atoms with Crippen LogP contribution in [-0.2, 0) is 0 Å². The number of hydrogen-bond donors (Lipinski definition) is 3. The van der Waals surface area contributed by atoms with Crippen LogP contribution in [0.4, 0.5) is 0 Å². The van der Waals surface area contributed by atoms with E-state index in [1.807, 2.05) is 24.3 Å². The molecular formula is C19H15N3O3. The third kappa shape index (κ3) is 3.63. The van der Waals surface area contributed by atoms with Crippen molar-refractivity contribution in [3.8, 4) is 23.1 Å². The van der Waals surface area contributed by atoms with E-state index in [9.17, 15) is 9.90 Å². The minimum Gasteiger partial charge on any atom is -0.381 e. The molecule has 0 aliphatic rings. The zero-order chi connectivity index (χ0) is 17.8. The smallest absolute Gasteiger partial charge is 0.275 e. The van der Waals surface area contributed by atoms with Gasteiger partial charge in [0.1, 0.15) is 6.10 Å². The van der Waals surface area contributed by atoms with Crippen LogP contribution in [0.15, 0.2) is 48.8 Å². The molecule has 1 amide bonds. The molecule has 3 rings (SSSR count). The Morgan fingerprint density at radius 2 is 2.00 bits per heavy atom. The number of aromatic nitrogens is 2. The Hall–Kier alpha value is -3.27. The van der Waals surface area contributed by atoms with Crippen molar-refractivity contribution in [1.82, 2.24) is 15.4 Å². The van der Waals surface area contributed by atoms with Crippen molar-refractivity contribution in [2.75, 3.05) is 0 Å². The molecule has 0 bridgehead atoms. The molecule has 25 heavy (non-hydrogen) atoms. The summed E-state index contributed by atoms with van der Waals surface area (Å²) in [6.45, 7) is 1.60. The van der Waals surface area contributed by atoms with Gasteiger partial charge in [0.25, 0.3) is 5.91 Å². The van der Waals surface area contributed by atoms with E-state index < -0.39 is 12.0 Å². The van der Waals surface area contributed by atoms with Gasteiger partial charge in [-0.3, -0.25) is 15.0 Å². The van der Waals surface area contributed by atoms with E-state index in [0.717, 1.165) is 11.1 Å². The molecule has 0 fully saturated rings. The van der Waals surface area contributed by atoms with Gasteiger partial charge < -0.3 is 5.11 Å². The van der Waals surface area contributed by atoms with Crippen molar-refractivity contribution >= 4 is 16.8 Å². The minimum absolute atomic E-state index is 0.286. The minimum atomic E-state index is -0.685. The first-order valence-electron chi connectivity index (χ1n) is 7.57. The quantitative estimate of drug-likeness (QED) is 0.379. The summed E-state index contributed by atoms with van der Waals surface area (Å²) in [6, 6.07) is 10.6. The molecule has 1 aromatic carbocycles. The fourth-order valence-electron chi connectivity index (χ4n) is 2.38. The molecule has 0 aliphatic heterocycles. The lowest BCUT2D eigenvalue weighted by Crippen LogP contribution is -2.19. The molecule has 0 saturated carbocycles. The predicted octanol–water partition coefficient (Wildman–Crippen LogP) is 2.15. The summed E-state index contributed by atoms with van der Waals surface area (Å²) < 4.78 is 0. The Bertz CT molecular complexity index is 986. The first-order chi connectivity index (χ1) is 12.1. The normalized spacial score (nSPS) is 11.5. The van der Waals surface area contributed by atoms with Crippen molar-refractivity contribution in [3.63, 3.8) is 0 Å². The van der Waals surface area contributed by atoms with Gasteiger partial charge >= 0.3 is 0 Å². The van der Waals surface area contributed by atoms with E-state index in [-0.39, 0.29) is 5.56 Å². The molecular weight excluding hydrogens is 318 g/mol. The van der Waals surface area contributed by atoms with Crippen molar-refractivity contribution < 1.29 is 15.1 Å². The number of carbonyl (C=O) groups excluding carboxylic acids is 1. The third-order valence-corrected chi connectivity index (χ3v) is 3.56. The molecule has 124 valence electrons. The largest absolute Gasteiger partial charge is 0.381 e. The topological polar surface area (TPSA) is 95.3 Å². The Balaban J connectivity index is 2.07. The number of pyridine rings is 2. The molecule has 6 heteroatoms. The Kier molecular flexibility index (Phi) is 4.70.